The molecule has 1 heterocycles. The van der Waals surface area contributed by atoms with E-state index in [9.17, 15) is 0 Å². The fraction of sp³-hybridized carbons (Fsp3) is 0.788. The minimum Gasteiger partial charge on any atom is -0.241 e. The Kier molecular flexibility index (Phi) is 13.9. The molecule has 0 aliphatic heterocycles. The maximum Gasteiger partial charge on any atom is 0.0997 e. The zero-order valence-corrected chi connectivity index (χ0v) is 25.1. The summed E-state index contributed by atoms with van der Waals surface area (Å²) >= 11 is 2.01. The van der Waals surface area contributed by atoms with Crippen molar-refractivity contribution in [3.8, 4) is 0 Å². The molecule has 0 bridgehead atoms. The van der Waals surface area contributed by atoms with E-state index in [0.717, 1.165) is 0 Å². The van der Waals surface area contributed by atoms with Crippen molar-refractivity contribution in [2.45, 2.75) is 168 Å². The number of fused-ring (bicyclic) bond motifs is 1. The molecule has 0 saturated heterocycles. The number of hydrogen-bond acceptors (Lipinski definition) is 2. The van der Waals surface area contributed by atoms with Crippen LogP contribution >= 0.6 is 11.3 Å². The first-order valence-electron chi connectivity index (χ1n) is 15.3. The number of unbranched alkanes of at least 4 members (excludes halogenated alkanes) is 10. The van der Waals surface area contributed by atoms with E-state index in [1.165, 1.54) is 131 Å². The Hall–Kier alpha value is -0.890. The summed E-state index contributed by atoms with van der Waals surface area (Å²) in [7, 11) is 0. The van der Waals surface area contributed by atoms with Gasteiger partial charge in [0.25, 0.3) is 0 Å². The molecule has 200 valence electrons. The highest BCUT2D eigenvalue weighted by molar-refractivity contribution is 7.18. The standard InChI is InChI=1S/C33H57NS/c1-7-11-15-17-20-26-33(6,25-19-16-12-8-2)31-34-29-22-21-28(27-30(29)35-31)32(5,23-14-10-4)24-18-13-9-3/h21-22,27H,7-20,23-26H2,1-6H3. The summed E-state index contributed by atoms with van der Waals surface area (Å²) in [5.74, 6) is 0. The second-order valence-electron chi connectivity index (χ2n) is 11.9. The van der Waals surface area contributed by atoms with Crippen LogP contribution in [0.15, 0.2) is 18.2 Å². The maximum atomic E-state index is 5.28. The van der Waals surface area contributed by atoms with Gasteiger partial charge in [-0.15, -0.1) is 11.3 Å². The summed E-state index contributed by atoms with van der Waals surface area (Å²) in [6.07, 6.45) is 24.0. The van der Waals surface area contributed by atoms with E-state index in [-0.39, 0.29) is 5.41 Å². The number of aromatic nitrogens is 1. The monoisotopic (exact) mass is 499 g/mol. The lowest BCUT2D eigenvalue weighted by Crippen LogP contribution is -2.22. The lowest BCUT2D eigenvalue weighted by Gasteiger charge is -2.30. The van der Waals surface area contributed by atoms with Crippen LogP contribution in [-0.2, 0) is 10.8 Å². The summed E-state index contributed by atoms with van der Waals surface area (Å²) in [6.45, 7) is 14.3. The van der Waals surface area contributed by atoms with E-state index in [0.29, 0.717) is 5.41 Å². The average molecular weight is 500 g/mol. The van der Waals surface area contributed by atoms with E-state index in [2.05, 4.69) is 59.7 Å². The highest BCUT2D eigenvalue weighted by Gasteiger charge is 2.31. The van der Waals surface area contributed by atoms with Gasteiger partial charge in [0.05, 0.1) is 15.2 Å². The molecule has 2 rings (SSSR count). The van der Waals surface area contributed by atoms with E-state index in [1.54, 1.807) is 5.56 Å². The Bertz CT molecular complexity index is 824. The molecule has 2 heteroatoms. The molecule has 0 fully saturated rings. The minimum atomic E-state index is 0.233. The number of rotatable bonds is 20. The Morgan fingerprint density at radius 1 is 0.600 bits per heavy atom. The smallest absolute Gasteiger partial charge is 0.0997 e. The van der Waals surface area contributed by atoms with Crippen molar-refractivity contribution in [2.75, 3.05) is 0 Å². The summed E-state index contributed by atoms with van der Waals surface area (Å²) in [4.78, 5) is 5.28. The van der Waals surface area contributed by atoms with Crippen LogP contribution in [0.4, 0.5) is 0 Å². The third kappa shape index (κ3) is 9.49. The highest BCUT2D eigenvalue weighted by atomic mass is 32.1. The fourth-order valence-corrected chi connectivity index (χ4v) is 6.91. The van der Waals surface area contributed by atoms with E-state index in [1.807, 2.05) is 11.3 Å². The average Bonchev–Trinajstić information content (AvgIpc) is 3.30. The van der Waals surface area contributed by atoms with Crippen molar-refractivity contribution in [1.82, 2.24) is 4.98 Å². The molecule has 0 aliphatic carbocycles. The van der Waals surface area contributed by atoms with Gasteiger partial charge in [-0.05, 0) is 48.8 Å². The van der Waals surface area contributed by atoms with Gasteiger partial charge in [0.1, 0.15) is 0 Å². The molecule has 0 spiro atoms. The quantitative estimate of drug-likeness (QED) is 0.165. The van der Waals surface area contributed by atoms with Gasteiger partial charge in [0, 0.05) is 5.41 Å². The van der Waals surface area contributed by atoms with Crippen LogP contribution in [0.25, 0.3) is 10.2 Å². The van der Waals surface area contributed by atoms with Crippen LogP contribution in [0.3, 0.4) is 0 Å². The highest BCUT2D eigenvalue weighted by Crippen LogP contribution is 2.42. The predicted octanol–water partition coefficient (Wildman–Crippen LogP) is 11.9. The minimum absolute atomic E-state index is 0.233. The van der Waals surface area contributed by atoms with Gasteiger partial charge in [-0.25, -0.2) is 4.98 Å². The van der Waals surface area contributed by atoms with Crippen molar-refractivity contribution < 1.29 is 0 Å². The summed E-state index contributed by atoms with van der Waals surface area (Å²) in [5, 5.41) is 1.40. The van der Waals surface area contributed by atoms with Gasteiger partial charge < -0.3 is 0 Å². The molecule has 2 unspecified atom stereocenters. The molecule has 35 heavy (non-hydrogen) atoms. The summed E-state index contributed by atoms with van der Waals surface area (Å²) in [5.41, 5.74) is 3.31. The third-order valence-electron chi connectivity index (χ3n) is 8.43. The molecule has 0 radical (unpaired) electrons. The molecule has 0 saturated carbocycles. The largest absolute Gasteiger partial charge is 0.241 e. The molecule has 1 aromatic carbocycles. The Morgan fingerprint density at radius 2 is 1.09 bits per heavy atom. The zero-order chi connectivity index (χ0) is 25.6. The summed E-state index contributed by atoms with van der Waals surface area (Å²) < 4.78 is 1.42. The molecule has 0 aliphatic rings. The lowest BCUT2D eigenvalue weighted by atomic mass is 9.74. The van der Waals surface area contributed by atoms with Crippen molar-refractivity contribution in [2.24, 2.45) is 0 Å². The topological polar surface area (TPSA) is 12.9 Å². The van der Waals surface area contributed by atoms with Crippen LogP contribution in [-0.4, -0.2) is 4.98 Å². The van der Waals surface area contributed by atoms with Gasteiger partial charge in [-0.2, -0.15) is 0 Å². The van der Waals surface area contributed by atoms with E-state index < -0.39 is 0 Å². The molecular weight excluding hydrogens is 442 g/mol. The fourth-order valence-electron chi connectivity index (χ4n) is 5.70. The number of benzene rings is 1. The van der Waals surface area contributed by atoms with Crippen LogP contribution in [0.2, 0.25) is 0 Å². The van der Waals surface area contributed by atoms with Crippen molar-refractivity contribution in [3.05, 3.63) is 28.8 Å². The van der Waals surface area contributed by atoms with Crippen LogP contribution in [0, 0.1) is 0 Å². The number of hydrogen-bond donors (Lipinski definition) is 0. The second kappa shape index (κ2) is 16.1. The first-order chi connectivity index (χ1) is 16.9. The van der Waals surface area contributed by atoms with E-state index in [4.69, 9.17) is 4.98 Å². The number of nitrogens with zero attached hydrogens (tertiary/aromatic N) is 1. The van der Waals surface area contributed by atoms with Gasteiger partial charge >= 0.3 is 0 Å². The molecule has 2 aromatic rings. The Morgan fingerprint density at radius 3 is 1.71 bits per heavy atom. The maximum absolute atomic E-state index is 5.28. The normalized spacial score (nSPS) is 15.4. The van der Waals surface area contributed by atoms with Gasteiger partial charge in [-0.1, -0.05) is 138 Å². The Balaban J connectivity index is 2.27. The summed E-state index contributed by atoms with van der Waals surface area (Å²) in [6, 6.07) is 7.28. The zero-order valence-electron chi connectivity index (χ0n) is 24.3. The number of thiazole rings is 1. The molecule has 0 N–H and O–H groups in total. The molecule has 2 atom stereocenters. The SMILES string of the molecule is CCCCCCCC(C)(CCCCCC)c1nc2ccc(C(C)(CCCC)CCCCC)cc2s1. The molecule has 1 nitrogen and oxygen atoms in total. The first-order valence-corrected chi connectivity index (χ1v) is 16.2. The molecule has 0 amide bonds. The second-order valence-corrected chi connectivity index (χ2v) is 12.9. The van der Waals surface area contributed by atoms with E-state index >= 15 is 0 Å². The van der Waals surface area contributed by atoms with Gasteiger partial charge in [0.15, 0.2) is 0 Å². The lowest BCUT2D eigenvalue weighted by molar-refractivity contribution is 0.362. The predicted molar refractivity (Wildman–Crippen MR) is 160 cm³/mol. The van der Waals surface area contributed by atoms with Crippen molar-refractivity contribution >= 4 is 21.6 Å². The molecular formula is C33H57NS. The van der Waals surface area contributed by atoms with Gasteiger partial charge in [-0.3, -0.25) is 0 Å². The van der Waals surface area contributed by atoms with Crippen molar-refractivity contribution in [3.63, 3.8) is 0 Å². The first kappa shape index (κ1) is 30.3. The Labute approximate surface area is 222 Å². The van der Waals surface area contributed by atoms with Gasteiger partial charge in [0.2, 0.25) is 0 Å². The van der Waals surface area contributed by atoms with Crippen LogP contribution in [0.5, 0.6) is 0 Å². The van der Waals surface area contributed by atoms with Crippen LogP contribution in [0.1, 0.15) is 168 Å². The van der Waals surface area contributed by atoms with Crippen molar-refractivity contribution in [1.29, 1.82) is 0 Å². The third-order valence-corrected chi connectivity index (χ3v) is 9.75. The molecule has 1 aromatic heterocycles. The van der Waals surface area contributed by atoms with Crippen LogP contribution < -0.4 is 0 Å².